The van der Waals surface area contributed by atoms with E-state index >= 15 is 0 Å². The Morgan fingerprint density at radius 2 is 1.50 bits per heavy atom. The van der Waals surface area contributed by atoms with E-state index < -0.39 is 0 Å². The van der Waals surface area contributed by atoms with E-state index in [1.54, 1.807) is 0 Å². The van der Waals surface area contributed by atoms with E-state index in [-0.39, 0.29) is 11.5 Å². The highest BCUT2D eigenvalue weighted by Gasteiger charge is 2.13. The van der Waals surface area contributed by atoms with Crippen LogP contribution >= 0.6 is 0 Å². The molecular weight excluding hydrogens is 298 g/mol. The number of benzene rings is 2. The zero-order valence-corrected chi connectivity index (χ0v) is 15.4. The molecule has 0 saturated heterocycles. The summed E-state index contributed by atoms with van der Waals surface area (Å²) in [5.74, 6) is 1.80. The molecule has 3 heteroatoms. The molecule has 1 atom stereocenters. The lowest BCUT2D eigenvalue weighted by Gasteiger charge is -2.20. The van der Waals surface area contributed by atoms with Crippen LogP contribution in [0.2, 0.25) is 0 Å². The van der Waals surface area contributed by atoms with Crippen molar-refractivity contribution in [2.24, 2.45) is 0 Å². The fourth-order valence-electron chi connectivity index (χ4n) is 2.40. The van der Waals surface area contributed by atoms with Gasteiger partial charge < -0.3 is 14.8 Å². The van der Waals surface area contributed by atoms with Crippen molar-refractivity contribution in [1.82, 2.24) is 0 Å². The summed E-state index contributed by atoms with van der Waals surface area (Å²) >= 11 is 0. The van der Waals surface area contributed by atoms with Gasteiger partial charge in [0.15, 0.2) is 0 Å². The molecule has 1 N–H and O–H groups in total. The number of rotatable bonds is 7. The van der Waals surface area contributed by atoms with Crippen LogP contribution in [0.1, 0.15) is 40.2 Å². The number of ether oxygens (including phenoxy) is 2. The first-order valence-corrected chi connectivity index (χ1v) is 8.62. The van der Waals surface area contributed by atoms with Gasteiger partial charge in [0, 0.05) is 5.69 Å². The Balaban J connectivity index is 1.83. The lowest BCUT2D eigenvalue weighted by atomic mass is 9.87. The maximum atomic E-state index is 5.98. The van der Waals surface area contributed by atoms with E-state index in [0.29, 0.717) is 6.61 Å². The Kier molecular flexibility index (Phi) is 6.13. The minimum atomic E-state index is 0.0806. The second kappa shape index (κ2) is 8.09. The van der Waals surface area contributed by atoms with Gasteiger partial charge in [0.05, 0.1) is 13.2 Å². The maximum Gasteiger partial charge on any atom is 0.119 e. The summed E-state index contributed by atoms with van der Waals surface area (Å²) in [6.07, 6.45) is 0.0806. The molecule has 0 fully saturated rings. The standard InChI is InChI=1S/C21H29NO2/c1-6-23-19-13-9-18(10-14-19)22-15-16(2)24-20-11-7-17(8-12-20)21(3,4)5/h7-14,16,22H,6,15H2,1-5H3. The average molecular weight is 327 g/mol. The molecule has 130 valence electrons. The highest BCUT2D eigenvalue weighted by atomic mass is 16.5. The van der Waals surface area contributed by atoms with Gasteiger partial charge in [-0.05, 0) is 61.2 Å². The van der Waals surface area contributed by atoms with Crippen LogP contribution in [-0.4, -0.2) is 19.3 Å². The Morgan fingerprint density at radius 3 is 2.04 bits per heavy atom. The minimum absolute atomic E-state index is 0.0806. The smallest absolute Gasteiger partial charge is 0.119 e. The predicted molar refractivity (Wildman–Crippen MR) is 101 cm³/mol. The predicted octanol–water partition coefficient (Wildman–Crippen LogP) is 5.26. The first-order chi connectivity index (χ1) is 11.4. The molecule has 0 aliphatic carbocycles. The summed E-state index contributed by atoms with van der Waals surface area (Å²) < 4.78 is 11.4. The van der Waals surface area contributed by atoms with Gasteiger partial charge in [0.1, 0.15) is 17.6 Å². The summed E-state index contributed by atoms with van der Waals surface area (Å²) in [4.78, 5) is 0. The average Bonchev–Trinajstić information content (AvgIpc) is 2.54. The molecule has 0 aromatic heterocycles. The van der Waals surface area contributed by atoms with Crippen molar-refractivity contribution >= 4 is 5.69 Å². The highest BCUT2D eigenvalue weighted by Crippen LogP contribution is 2.24. The van der Waals surface area contributed by atoms with Crippen molar-refractivity contribution < 1.29 is 9.47 Å². The van der Waals surface area contributed by atoms with Gasteiger partial charge in [0.25, 0.3) is 0 Å². The van der Waals surface area contributed by atoms with Gasteiger partial charge in [-0.3, -0.25) is 0 Å². The van der Waals surface area contributed by atoms with Crippen molar-refractivity contribution in [3.63, 3.8) is 0 Å². The third kappa shape index (κ3) is 5.48. The SMILES string of the molecule is CCOc1ccc(NCC(C)Oc2ccc(C(C)(C)C)cc2)cc1. The van der Waals surface area contributed by atoms with E-state index in [4.69, 9.17) is 9.47 Å². The molecule has 0 bridgehead atoms. The summed E-state index contributed by atoms with van der Waals surface area (Å²) in [5, 5.41) is 3.39. The molecule has 2 aromatic rings. The van der Waals surface area contributed by atoms with Crippen LogP contribution in [-0.2, 0) is 5.41 Å². The largest absolute Gasteiger partial charge is 0.494 e. The molecule has 0 spiro atoms. The lowest BCUT2D eigenvalue weighted by molar-refractivity contribution is 0.234. The van der Waals surface area contributed by atoms with E-state index in [1.165, 1.54) is 5.56 Å². The fourth-order valence-corrected chi connectivity index (χ4v) is 2.40. The molecule has 1 unspecified atom stereocenters. The summed E-state index contributed by atoms with van der Waals surface area (Å²) in [5.41, 5.74) is 2.55. The number of anilines is 1. The monoisotopic (exact) mass is 327 g/mol. The Labute approximate surface area is 146 Å². The van der Waals surface area contributed by atoms with Crippen LogP contribution in [0.5, 0.6) is 11.5 Å². The van der Waals surface area contributed by atoms with Gasteiger partial charge in [-0.25, -0.2) is 0 Å². The molecule has 24 heavy (non-hydrogen) atoms. The normalized spacial score (nSPS) is 12.5. The van der Waals surface area contributed by atoms with Crippen LogP contribution in [0.4, 0.5) is 5.69 Å². The zero-order chi connectivity index (χ0) is 17.6. The van der Waals surface area contributed by atoms with E-state index in [9.17, 15) is 0 Å². The first-order valence-electron chi connectivity index (χ1n) is 8.62. The zero-order valence-electron chi connectivity index (χ0n) is 15.4. The minimum Gasteiger partial charge on any atom is -0.494 e. The number of nitrogens with one attached hydrogen (secondary N) is 1. The molecule has 0 radical (unpaired) electrons. The molecule has 0 amide bonds. The quantitative estimate of drug-likeness (QED) is 0.752. The summed E-state index contributed by atoms with van der Waals surface area (Å²) in [7, 11) is 0. The lowest BCUT2D eigenvalue weighted by Crippen LogP contribution is -2.22. The van der Waals surface area contributed by atoms with Crippen molar-refractivity contribution in [2.45, 2.75) is 46.1 Å². The first kappa shape index (κ1) is 18.2. The van der Waals surface area contributed by atoms with Crippen LogP contribution in [0.3, 0.4) is 0 Å². The van der Waals surface area contributed by atoms with Gasteiger partial charge in [-0.15, -0.1) is 0 Å². The second-order valence-electron chi connectivity index (χ2n) is 7.04. The van der Waals surface area contributed by atoms with Gasteiger partial charge in [-0.2, -0.15) is 0 Å². The molecule has 0 heterocycles. The van der Waals surface area contributed by atoms with Gasteiger partial charge >= 0.3 is 0 Å². The van der Waals surface area contributed by atoms with E-state index in [2.05, 4.69) is 45.1 Å². The number of hydrogen-bond donors (Lipinski definition) is 1. The Morgan fingerprint density at radius 1 is 0.917 bits per heavy atom. The maximum absolute atomic E-state index is 5.98. The molecule has 2 aromatic carbocycles. The van der Waals surface area contributed by atoms with Crippen LogP contribution in [0.15, 0.2) is 48.5 Å². The van der Waals surface area contributed by atoms with Crippen LogP contribution in [0.25, 0.3) is 0 Å². The molecule has 3 nitrogen and oxygen atoms in total. The summed E-state index contributed by atoms with van der Waals surface area (Å²) in [6, 6.07) is 16.4. The second-order valence-corrected chi connectivity index (χ2v) is 7.04. The van der Waals surface area contributed by atoms with E-state index in [0.717, 1.165) is 23.7 Å². The van der Waals surface area contributed by atoms with Crippen molar-refractivity contribution in [2.75, 3.05) is 18.5 Å². The van der Waals surface area contributed by atoms with Crippen LogP contribution in [0, 0.1) is 0 Å². The van der Waals surface area contributed by atoms with Gasteiger partial charge in [-0.1, -0.05) is 32.9 Å². The highest BCUT2D eigenvalue weighted by molar-refractivity contribution is 5.46. The molecular formula is C21H29NO2. The van der Waals surface area contributed by atoms with Gasteiger partial charge in [0.2, 0.25) is 0 Å². The Bertz CT molecular complexity index is 612. The molecule has 0 aliphatic heterocycles. The third-order valence-corrected chi connectivity index (χ3v) is 3.82. The topological polar surface area (TPSA) is 30.5 Å². The number of hydrogen-bond acceptors (Lipinski definition) is 3. The van der Waals surface area contributed by atoms with Crippen molar-refractivity contribution in [3.05, 3.63) is 54.1 Å². The molecule has 0 saturated carbocycles. The Hall–Kier alpha value is -2.16. The fraction of sp³-hybridized carbons (Fsp3) is 0.429. The summed E-state index contributed by atoms with van der Waals surface area (Å²) in [6.45, 7) is 12.1. The van der Waals surface area contributed by atoms with Crippen molar-refractivity contribution in [3.8, 4) is 11.5 Å². The van der Waals surface area contributed by atoms with Crippen LogP contribution < -0.4 is 14.8 Å². The van der Waals surface area contributed by atoms with E-state index in [1.807, 2.05) is 43.3 Å². The third-order valence-electron chi connectivity index (χ3n) is 3.82. The molecule has 2 rings (SSSR count). The van der Waals surface area contributed by atoms with Crippen molar-refractivity contribution in [1.29, 1.82) is 0 Å². The molecule has 0 aliphatic rings.